The van der Waals surface area contributed by atoms with Gasteiger partial charge in [-0.3, -0.25) is 0 Å². The van der Waals surface area contributed by atoms with E-state index in [9.17, 15) is 0 Å². The maximum atomic E-state index is 0. The first kappa shape index (κ1) is 247. The molecule has 0 aromatic rings. The SMILES string of the molecule is C.C.[CH3-].[CH3-].[CH3-].[CH3-].[CH3-].[CH3-].[Y].[Y].[Y].[Y].[Y].[Y].[Y].[Y].[Y].[Y].[Y].[Y].[Y].[Y].[Y].[Y].[Y].[Y].[Y].[Y]. The molecule has 0 aliphatic heterocycles. The van der Waals surface area contributed by atoms with Crippen LogP contribution in [0.2, 0.25) is 0 Å². The van der Waals surface area contributed by atoms with Crippen molar-refractivity contribution < 1.29 is 654 Å². The Morgan fingerprint density at radius 3 is 0.107 bits per heavy atom. The Labute approximate surface area is 688 Å². The summed E-state index contributed by atoms with van der Waals surface area (Å²) in [5, 5.41) is 0. The molecule has 0 heterocycles. The van der Waals surface area contributed by atoms with Crippen LogP contribution < -0.4 is 0 Å². The average molecular weight is 1900 g/mol. The molecule has 28 heavy (non-hydrogen) atoms. The van der Waals surface area contributed by atoms with Crippen molar-refractivity contribution in [2.75, 3.05) is 0 Å². The minimum atomic E-state index is 0. The normalized spacial score (nSPS) is 0. The Bertz CT molecular complexity index is 24.2. The maximum Gasteiger partial charge on any atom is 0 e. The van der Waals surface area contributed by atoms with Crippen LogP contribution in [0.15, 0.2) is 0 Å². The van der Waals surface area contributed by atoms with E-state index >= 15 is 0 Å². The smallest absolute Gasteiger partial charge is 0 e. The Morgan fingerprint density at radius 1 is 0.107 bits per heavy atom. The van der Waals surface area contributed by atoms with Crippen LogP contribution >= 0.6 is 0 Å². The molecular weight excluding hydrogens is 1870 g/mol. The van der Waals surface area contributed by atoms with Crippen molar-refractivity contribution in [1.82, 2.24) is 0 Å². The molecule has 0 saturated heterocycles. The molecule has 0 aromatic heterocycles. The molecule has 0 rings (SSSR count). The van der Waals surface area contributed by atoms with Gasteiger partial charge in [-0.15, -0.1) is 0 Å². The topological polar surface area (TPSA) is 0 Å². The molecular formula is C8H26Y20-6. The van der Waals surface area contributed by atoms with Gasteiger partial charge < -0.3 is 44.6 Å². The van der Waals surface area contributed by atoms with Gasteiger partial charge >= 0.3 is 0 Å². The van der Waals surface area contributed by atoms with E-state index in [-0.39, 0.29) is 714 Å². The molecule has 20 radical (unpaired) electrons. The molecule has 0 aliphatic carbocycles. The van der Waals surface area contributed by atoms with Crippen LogP contribution in [0.3, 0.4) is 0 Å². The van der Waals surface area contributed by atoms with Gasteiger partial charge in [0.05, 0.1) is 0 Å². The van der Waals surface area contributed by atoms with Crippen molar-refractivity contribution in [3.63, 3.8) is 0 Å². The first-order valence-electron chi connectivity index (χ1n) is 0. The van der Waals surface area contributed by atoms with Gasteiger partial charge in [0, 0.05) is 654 Å². The van der Waals surface area contributed by atoms with Crippen LogP contribution in [0.25, 0.3) is 0 Å². The largest absolute Gasteiger partial charge is 0.358 e. The van der Waals surface area contributed by atoms with Gasteiger partial charge in [-0.05, 0) is 0 Å². The van der Waals surface area contributed by atoms with Crippen molar-refractivity contribution in [2.24, 2.45) is 0 Å². The van der Waals surface area contributed by atoms with Gasteiger partial charge in [0.1, 0.15) is 0 Å². The second kappa shape index (κ2) is 233. The minimum absolute atomic E-state index is 0. The maximum absolute atomic E-state index is 0. The molecule has 0 unspecified atom stereocenters. The second-order valence-corrected chi connectivity index (χ2v) is 0. The second-order valence-electron chi connectivity index (χ2n) is 0. The predicted octanol–water partition coefficient (Wildman–Crippen LogP) is 3.92. The molecule has 0 spiro atoms. The standard InChI is InChI=1S/2CH4.6CH3.20Y/h2*1H4;6*1H3;;;;;;;;;;;;;;;;;;;;/q;;6*-1;;;;;;;;;;;;;;;;;;;;. The molecule has 0 saturated carbocycles. The van der Waals surface area contributed by atoms with E-state index in [1.807, 2.05) is 0 Å². The van der Waals surface area contributed by atoms with Gasteiger partial charge in [-0.1, -0.05) is 14.9 Å². The van der Waals surface area contributed by atoms with Crippen molar-refractivity contribution in [3.05, 3.63) is 44.6 Å². The molecule has 0 fully saturated rings. The van der Waals surface area contributed by atoms with E-state index in [2.05, 4.69) is 0 Å². The molecule has 0 N–H and O–H groups in total. The summed E-state index contributed by atoms with van der Waals surface area (Å²) < 4.78 is 0. The van der Waals surface area contributed by atoms with Crippen molar-refractivity contribution in [3.8, 4) is 0 Å². The van der Waals surface area contributed by atoms with Crippen molar-refractivity contribution in [2.45, 2.75) is 14.9 Å². The molecule has 0 aromatic carbocycles. The van der Waals surface area contributed by atoms with Crippen molar-refractivity contribution >= 4 is 0 Å². The fourth-order valence-corrected chi connectivity index (χ4v) is 0. The van der Waals surface area contributed by atoms with E-state index in [1.54, 1.807) is 0 Å². The first-order valence-corrected chi connectivity index (χ1v) is 0. The average Bonchev–Trinajstić information content (AvgIpc) is 0. The summed E-state index contributed by atoms with van der Waals surface area (Å²) in [6.45, 7) is 0. The summed E-state index contributed by atoms with van der Waals surface area (Å²) in [5.41, 5.74) is 0. The number of rotatable bonds is 0. The molecule has 20 heteroatoms. The van der Waals surface area contributed by atoms with Gasteiger partial charge in [-0.2, -0.15) is 0 Å². The number of hydrogen-bond donors (Lipinski definition) is 0. The summed E-state index contributed by atoms with van der Waals surface area (Å²) >= 11 is 0. The Morgan fingerprint density at radius 2 is 0.107 bits per heavy atom. The van der Waals surface area contributed by atoms with Crippen LogP contribution in [0.1, 0.15) is 14.9 Å². The third-order valence-corrected chi connectivity index (χ3v) is 0. The summed E-state index contributed by atoms with van der Waals surface area (Å²) in [6, 6.07) is 0. The van der Waals surface area contributed by atoms with Gasteiger partial charge in [0.25, 0.3) is 0 Å². The summed E-state index contributed by atoms with van der Waals surface area (Å²) in [7, 11) is 0. The third-order valence-electron chi connectivity index (χ3n) is 0. The van der Waals surface area contributed by atoms with Crippen LogP contribution in [0.4, 0.5) is 0 Å². The molecule has 0 nitrogen and oxygen atoms in total. The van der Waals surface area contributed by atoms with Gasteiger partial charge in [-0.25, -0.2) is 0 Å². The molecule has 0 atom stereocenters. The minimum Gasteiger partial charge on any atom is -0.358 e. The Balaban J connectivity index is 0. The summed E-state index contributed by atoms with van der Waals surface area (Å²) in [6.07, 6.45) is 0. The zero-order valence-corrected chi connectivity index (χ0v) is 74.3. The van der Waals surface area contributed by atoms with E-state index in [1.165, 1.54) is 0 Å². The number of hydrogen-bond acceptors (Lipinski definition) is 0. The zero-order valence-electron chi connectivity index (χ0n) is 17.5. The summed E-state index contributed by atoms with van der Waals surface area (Å²) in [5.74, 6) is 0. The van der Waals surface area contributed by atoms with Crippen LogP contribution in [-0.2, 0) is 654 Å². The molecule has 124 valence electrons. The quantitative estimate of drug-likeness (QED) is 0.324. The van der Waals surface area contributed by atoms with Crippen molar-refractivity contribution in [1.29, 1.82) is 0 Å². The van der Waals surface area contributed by atoms with E-state index in [0.717, 1.165) is 0 Å². The summed E-state index contributed by atoms with van der Waals surface area (Å²) in [4.78, 5) is 0. The van der Waals surface area contributed by atoms with Crippen LogP contribution in [-0.4, -0.2) is 0 Å². The third kappa shape index (κ3) is 219. The fraction of sp³-hybridized carbons (Fsp3) is 0.250. The van der Waals surface area contributed by atoms with Crippen LogP contribution in [0.5, 0.6) is 0 Å². The molecule has 0 amide bonds. The van der Waals surface area contributed by atoms with E-state index in [0.29, 0.717) is 0 Å². The molecule has 0 aliphatic rings. The fourth-order valence-electron chi connectivity index (χ4n) is 0. The zero-order chi connectivity index (χ0) is 0. The van der Waals surface area contributed by atoms with E-state index in [4.69, 9.17) is 0 Å². The monoisotopic (exact) mass is 1900 g/mol. The van der Waals surface area contributed by atoms with E-state index < -0.39 is 0 Å². The van der Waals surface area contributed by atoms with Gasteiger partial charge in [0.15, 0.2) is 0 Å². The molecule has 0 bridgehead atoms. The van der Waals surface area contributed by atoms with Gasteiger partial charge in [0.2, 0.25) is 0 Å². The Kier molecular flexibility index (Phi) is 2060. The van der Waals surface area contributed by atoms with Crippen LogP contribution in [0, 0.1) is 44.6 Å². The Hall–Kier alpha value is 22.1. The first-order chi connectivity index (χ1) is 0. The predicted molar refractivity (Wildman–Crippen MR) is 51.9 cm³/mol.